The van der Waals surface area contributed by atoms with Gasteiger partial charge in [-0.05, 0) is 161 Å². The van der Waals surface area contributed by atoms with E-state index in [1.54, 1.807) is 0 Å². The predicted molar refractivity (Wildman–Crippen MR) is 352 cm³/mol. The van der Waals surface area contributed by atoms with Crippen LogP contribution in [0.3, 0.4) is 0 Å². The molecular weight excluding hydrogens is 997 g/mol. The Morgan fingerprint density at radius 3 is 0.716 bits per heavy atom. The monoisotopic (exact) mass is 1110 g/mol. The summed E-state index contributed by atoms with van der Waals surface area (Å²) in [7, 11) is 0. The van der Waals surface area contributed by atoms with Crippen LogP contribution in [0.4, 0.5) is 0 Å². The second kappa shape index (κ2) is 66.8. The van der Waals surface area contributed by atoms with Gasteiger partial charge in [0.1, 0.15) is 13.2 Å². The number of hydrogen-bond donors (Lipinski definition) is 0. The van der Waals surface area contributed by atoms with Gasteiger partial charge < -0.3 is 14.2 Å². The van der Waals surface area contributed by atoms with Crippen molar-refractivity contribution >= 4 is 17.9 Å². The zero-order valence-electron chi connectivity index (χ0n) is 51.5. The van der Waals surface area contributed by atoms with Crippen LogP contribution in [-0.2, 0) is 28.6 Å². The van der Waals surface area contributed by atoms with E-state index in [1.807, 2.05) is 0 Å². The standard InChI is InChI=1S/C75H114O6/c1-4-7-10-13-16-19-22-25-28-30-32-34-35-36-37-38-39-41-42-44-47-50-53-56-59-62-65-68-74(77)80-71-72(70-79-73(76)67-64-61-58-55-52-49-46-27-24-21-18-15-12-9-6-3)81-75(78)69-66-63-60-57-54-51-48-45-43-40-33-31-29-26-23-20-17-14-11-8-5-2/h7-12,16-21,25-29,32-34,36-37,39-41,44-48,52,55,72H,4-6,13-15,22-24,30-31,35,38,42-43,49-51,53-54,56-71H2,1-3H3/b10-7-,11-8-,12-9-,19-16-,20-17-,21-18-,28-25-,29-26-,34-32-,37-36-,40-33-,41-39-,46-27-,47-44-,48-45-,55-52-. The van der Waals surface area contributed by atoms with E-state index in [4.69, 9.17) is 14.2 Å². The van der Waals surface area contributed by atoms with E-state index >= 15 is 0 Å². The Kier molecular flexibility index (Phi) is 62.0. The summed E-state index contributed by atoms with van der Waals surface area (Å²) in [5.41, 5.74) is 0. The van der Waals surface area contributed by atoms with E-state index in [0.29, 0.717) is 12.8 Å². The Labute approximate surface area is 497 Å². The van der Waals surface area contributed by atoms with Crippen molar-refractivity contribution in [1.82, 2.24) is 0 Å². The molecule has 0 aromatic heterocycles. The molecular formula is C75H114O6. The number of rotatable bonds is 55. The van der Waals surface area contributed by atoms with Crippen molar-refractivity contribution in [1.29, 1.82) is 0 Å². The molecule has 0 heterocycles. The van der Waals surface area contributed by atoms with Gasteiger partial charge in [-0.1, -0.05) is 254 Å². The maximum Gasteiger partial charge on any atom is 0.306 e. The minimum absolute atomic E-state index is 0.121. The van der Waals surface area contributed by atoms with E-state index in [2.05, 4.69) is 215 Å². The Bertz CT molecular complexity index is 1950. The topological polar surface area (TPSA) is 78.9 Å². The van der Waals surface area contributed by atoms with E-state index in [0.717, 1.165) is 193 Å². The maximum atomic E-state index is 12.9. The summed E-state index contributed by atoms with van der Waals surface area (Å²) in [6.45, 7) is 6.21. The summed E-state index contributed by atoms with van der Waals surface area (Å²) in [5, 5.41) is 0. The summed E-state index contributed by atoms with van der Waals surface area (Å²) < 4.78 is 16.9. The molecule has 81 heavy (non-hydrogen) atoms. The molecule has 0 fully saturated rings. The molecule has 0 aromatic carbocycles. The van der Waals surface area contributed by atoms with Crippen molar-refractivity contribution in [2.75, 3.05) is 13.2 Å². The van der Waals surface area contributed by atoms with Gasteiger partial charge in [0.2, 0.25) is 0 Å². The molecule has 0 aliphatic carbocycles. The Balaban J connectivity index is 4.53. The van der Waals surface area contributed by atoms with Gasteiger partial charge in [0.15, 0.2) is 6.10 Å². The lowest BCUT2D eigenvalue weighted by Crippen LogP contribution is -2.30. The van der Waals surface area contributed by atoms with Gasteiger partial charge >= 0.3 is 17.9 Å². The molecule has 0 aliphatic heterocycles. The zero-order chi connectivity index (χ0) is 58.5. The van der Waals surface area contributed by atoms with Crippen molar-refractivity contribution in [3.05, 3.63) is 194 Å². The molecule has 0 rings (SSSR count). The Morgan fingerprint density at radius 2 is 0.444 bits per heavy atom. The van der Waals surface area contributed by atoms with E-state index in [1.165, 1.54) is 0 Å². The fraction of sp³-hybridized carbons (Fsp3) is 0.533. The number of carbonyl (C=O) groups is 3. The van der Waals surface area contributed by atoms with Gasteiger partial charge in [-0.15, -0.1) is 0 Å². The molecule has 0 saturated carbocycles. The number of allylic oxidation sites excluding steroid dienone is 32. The fourth-order valence-electron chi connectivity index (χ4n) is 7.91. The average Bonchev–Trinajstić information content (AvgIpc) is 3.47. The second-order valence-electron chi connectivity index (χ2n) is 20.2. The van der Waals surface area contributed by atoms with Crippen LogP contribution in [0.25, 0.3) is 0 Å². The third kappa shape index (κ3) is 64.9. The summed E-state index contributed by atoms with van der Waals surface area (Å²) in [4.78, 5) is 38.3. The molecule has 0 radical (unpaired) electrons. The van der Waals surface area contributed by atoms with Crippen LogP contribution >= 0.6 is 0 Å². The normalized spacial score (nSPS) is 13.5. The zero-order valence-corrected chi connectivity index (χ0v) is 51.5. The highest BCUT2D eigenvalue weighted by atomic mass is 16.6. The second-order valence-corrected chi connectivity index (χ2v) is 20.2. The van der Waals surface area contributed by atoms with Crippen LogP contribution in [0, 0.1) is 0 Å². The lowest BCUT2D eigenvalue weighted by Gasteiger charge is -2.18. The van der Waals surface area contributed by atoms with E-state index in [-0.39, 0.29) is 44.0 Å². The first-order valence-corrected chi connectivity index (χ1v) is 31.9. The minimum atomic E-state index is -0.828. The molecule has 0 aliphatic rings. The Hall–Kier alpha value is -5.75. The first kappa shape index (κ1) is 75.2. The van der Waals surface area contributed by atoms with Gasteiger partial charge in [-0.3, -0.25) is 14.4 Å². The highest BCUT2D eigenvalue weighted by Crippen LogP contribution is 2.13. The fourth-order valence-corrected chi connectivity index (χ4v) is 7.91. The largest absolute Gasteiger partial charge is 0.462 e. The smallest absolute Gasteiger partial charge is 0.306 e. The maximum absolute atomic E-state index is 12.9. The highest BCUT2D eigenvalue weighted by molar-refractivity contribution is 5.71. The van der Waals surface area contributed by atoms with Crippen LogP contribution in [0.15, 0.2) is 194 Å². The van der Waals surface area contributed by atoms with Gasteiger partial charge in [0.25, 0.3) is 0 Å². The van der Waals surface area contributed by atoms with Gasteiger partial charge in [-0.25, -0.2) is 0 Å². The SMILES string of the molecule is CC/C=C\C/C=C\C/C=C\C/C=C\C/C=C\C/C=C\C/C=C\CCCCCCCC(=O)OCC(COC(=O)CCCC/C=C\C/C=C\C/C=C\C/C=C\CC)OC(=O)CCCCCCC/C=C\C/C=C\C/C=C\C/C=C\C/C=C\CC. The van der Waals surface area contributed by atoms with Crippen molar-refractivity contribution < 1.29 is 28.6 Å². The number of carbonyl (C=O) groups excluding carboxylic acids is 3. The summed E-state index contributed by atoms with van der Waals surface area (Å²) in [6.07, 6.45) is 101. The summed E-state index contributed by atoms with van der Waals surface area (Å²) in [6, 6.07) is 0. The Morgan fingerprint density at radius 1 is 0.247 bits per heavy atom. The lowest BCUT2D eigenvalue weighted by atomic mass is 10.1. The van der Waals surface area contributed by atoms with Crippen LogP contribution in [0.5, 0.6) is 0 Å². The van der Waals surface area contributed by atoms with Crippen molar-refractivity contribution in [2.45, 2.75) is 245 Å². The molecule has 1 atom stereocenters. The van der Waals surface area contributed by atoms with Crippen LogP contribution < -0.4 is 0 Å². The first-order chi connectivity index (χ1) is 40.0. The molecule has 0 bridgehead atoms. The highest BCUT2D eigenvalue weighted by Gasteiger charge is 2.19. The number of unbranched alkanes of at least 4 members (excludes halogenated alkanes) is 12. The first-order valence-electron chi connectivity index (χ1n) is 31.9. The third-order valence-corrected chi connectivity index (χ3v) is 12.6. The van der Waals surface area contributed by atoms with Crippen molar-refractivity contribution in [2.24, 2.45) is 0 Å². The van der Waals surface area contributed by atoms with Crippen molar-refractivity contribution in [3.63, 3.8) is 0 Å². The third-order valence-electron chi connectivity index (χ3n) is 12.6. The molecule has 6 heteroatoms. The number of hydrogen-bond acceptors (Lipinski definition) is 6. The molecule has 6 nitrogen and oxygen atoms in total. The van der Waals surface area contributed by atoms with Gasteiger partial charge in [0.05, 0.1) is 0 Å². The minimum Gasteiger partial charge on any atom is -0.462 e. The average molecular weight is 1110 g/mol. The van der Waals surface area contributed by atoms with Gasteiger partial charge in [-0.2, -0.15) is 0 Å². The van der Waals surface area contributed by atoms with Crippen LogP contribution in [0.2, 0.25) is 0 Å². The summed E-state index contributed by atoms with van der Waals surface area (Å²) >= 11 is 0. The molecule has 0 saturated heterocycles. The molecule has 0 N–H and O–H groups in total. The van der Waals surface area contributed by atoms with E-state index < -0.39 is 6.10 Å². The van der Waals surface area contributed by atoms with E-state index in [9.17, 15) is 14.4 Å². The molecule has 0 amide bonds. The van der Waals surface area contributed by atoms with Crippen LogP contribution in [-0.4, -0.2) is 37.2 Å². The molecule has 450 valence electrons. The van der Waals surface area contributed by atoms with Gasteiger partial charge in [0, 0.05) is 19.3 Å². The molecule has 1 unspecified atom stereocenters. The van der Waals surface area contributed by atoms with Crippen molar-refractivity contribution in [3.8, 4) is 0 Å². The lowest BCUT2D eigenvalue weighted by molar-refractivity contribution is -0.167. The quantitative estimate of drug-likeness (QED) is 0.0261. The number of esters is 3. The number of ether oxygens (including phenoxy) is 3. The molecule has 0 spiro atoms. The summed E-state index contributed by atoms with van der Waals surface area (Å²) in [5.74, 6) is -1.01. The molecule has 0 aromatic rings. The van der Waals surface area contributed by atoms with Crippen LogP contribution in [0.1, 0.15) is 239 Å². The predicted octanol–water partition coefficient (Wildman–Crippen LogP) is 22.2.